The minimum absolute atomic E-state index is 0.266. The van der Waals surface area contributed by atoms with Crippen LogP contribution in [0.3, 0.4) is 0 Å². The number of nitrogens with zero attached hydrogens (tertiary/aromatic N) is 1. The number of anilines is 1. The summed E-state index contributed by atoms with van der Waals surface area (Å²) in [4.78, 5) is 12.6. The fraction of sp³-hybridized carbons (Fsp3) is 0.292. The van der Waals surface area contributed by atoms with E-state index in [1.54, 1.807) is 19.1 Å². The molecule has 0 aliphatic heterocycles. The Bertz CT molecular complexity index is 1140. The molecule has 0 aliphatic rings. The molecule has 1 amide bonds. The van der Waals surface area contributed by atoms with Crippen molar-refractivity contribution in [3.63, 3.8) is 0 Å². The van der Waals surface area contributed by atoms with Gasteiger partial charge in [0.25, 0.3) is 0 Å². The molecule has 1 atom stereocenters. The Morgan fingerprint density at radius 1 is 1.03 bits per heavy atom. The van der Waals surface area contributed by atoms with Crippen LogP contribution >= 0.6 is 0 Å². The Labute approximate surface area is 183 Å². The highest BCUT2D eigenvalue weighted by atomic mass is 32.2. The van der Waals surface area contributed by atoms with Gasteiger partial charge in [-0.3, -0.25) is 9.10 Å². The zero-order chi connectivity index (χ0) is 22.4. The maximum absolute atomic E-state index is 12.6. The smallest absolute Gasteiger partial charge is 0.243 e. The average molecular weight is 441 g/mol. The third-order valence-corrected chi connectivity index (χ3v) is 6.32. The largest absolute Gasteiger partial charge is 0.492 e. The molecule has 0 bridgehead atoms. The van der Waals surface area contributed by atoms with Crippen LogP contribution in [-0.2, 0) is 21.2 Å². The van der Waals surface area contributed by atoms with Crippen LogP contribution in [0.1, 0.15) is 19.4 Å². The van der Waals surface area contributed by atoms with E-state index in [1.807, 2.05) is 61.5 Å². The highest BCUT2D eigenvalue weighted by molar-refractivity contribution is 7.92. The van der Waals surface area contributed by atoms with E-state index in [0.717, 1.165) is 39.1 Å². The van der Waals surface area contributed by atoms with Crippen LogP contribution in [0.5, 0.6) is 5.75 Å². The number of benzene rings is 3. The Morgan fingerprint density at radius 3 is 2.35 bits per heavy atom. The number of carbonyl (C=O) groups excluding carboxylic acids is 1. The Balaban J connectivity index is 1.59. The van der Waals surface area contributed by atoms with Gasteiger partial charge in [-0.25, -0.2) is 8.42 Å². The predicted molar refractivity (Wildman–Crippen MR) is 125 cm³/mol. The van der Waals surface area contributed by atoms with Crippen molar-refractivity contribution in [1.82, 2.24) is 5.32 Å². The molecule has 164 valence electrons. The normalized spacial score (nSPS) is 12.4. The number of ether oxygens (including phenoxy) is 1. The molecule has 0 radical (unpaired) electrons. The van der Waals surface area contributed by atoms with Crippen LogP contribution in [0, 0.1) is 0 Å². The number of nitrogens with one attached hydrogen (secondary N) is 1. The fourth-order valence-corrected chi connectivity index (χ4v) is 4.61. The van der Waals surface area contributed by atoms with Gasteiger partial charge in [-0.05, 0) is 53.9 Å². The highest BCUT2D eigenvalue weighted by Crippen LogP contribution is 2.22. The van der Waals surface area contributed by atoms with Gasteiger partial charge in [-0.2, -0.15) is 0 Å². The van der Waals surface area contributed by atoms with Crippen molar-refractivity contribution in [2.24, 2.45) is 0 Å². The van der Waals surface area contributed by atoms with Gasteiger partial charge in [-0.1, -0.05) is 49.4 Å². The number of carbonyl (C=O) groups is 1. The van der Waals surface area contributed by atoms with Gasteiger partial charge in [0, 0.05) is 0 Å². The summed E-state index contributed by atoms with van der Waals surface area (Å²) in [6, 6.07) is 20.1. The second-order valence-corrected chi connectivity index (χ2v) is 9.26. The summed E-state index contributed by atoms with van der Waals surface area (Å²) < 4.78 is 31.6. The lowest BCUT2D eigenvalue weighted by atomic mass is 10.1. The molecular formula is C24H28N2O4S. The van der Waals surface area contributed by atoms with Crippen LogP contribution in [0.25, 0.3) is 10.8 Å². The first kappa shape index (κ1) is 22.6. The third-order valence-electron chi connectivity index (χ3n) is 5.08. The van der Waals surface area contributed by atoms with Crippen LogP contribution in [-0.4, -0.2) is 39.8 Å². The van der Waals surface area contributed by atoms with Crippen molar-refractivity contribution < 1.29 is 17.9 Å². The molecule has 0 spiro atoms. The van der Waals surface area contributed by atoms with E-state index >= 15 is 0 Å². The van der Waals surface area contributed by atoms with Gasteiger partial charge in [-0.15, -0.1) is 0 Å². The quantitative estimate of drug-likeness (QED) is 0.514. The second kappa shape index (κ2) is 9.83. The average Bonchev–Trinajstić information content (AvgIpc) is 2.76. The molecule has 0 aromatic heterocycles. The first-order valence-corrected chi connectivity index (χ1v) is 12.1. The molecule has 0 heterocycles. The number of aryl methyl sites for hydroxylation is 1. The molecule has 0 saturated carbocycles. The molecule has 0 aliphatic carbocycles. The number of hydrogen-bond donors (Lipinski definition) is 1. The lowest BCUT2D eigenvalue weighted by Crippen LogP contribution is -2.48. The Hall–Kier alpha value is -3.06. The summed E-state index contributed by atoms with van der Waals surface area (Å²) in [5.74, 6) is 0.335. The van der Waals surface area contributed by atoms with Gasteiger partial charge in [0.05, 0.1) is 18.5 Å². The first-order chi connectivity index (χ1) is 14.8. The minimum Gasteiger partial charge on any atom is -0.492 e. The summed E-state index contributed by atoms with van der Waals surface area (Å²) in [5, 5.41) is 4.97. The number of hydrogen-bond acceptors (Lipinski definition) is 4. The van der Waals surface area contributed by atoms with E-state index in [2.05, 4.69) is 5.32 Å². The lowest BCUT2D eigenvalue weighted by molar-refractivity contribution is -0.121. The molecule has 1 unspecified atom stereocenters. The van der Waals surface area contributed by atoms with Crippen molar-refractivity contribution in [1.29, 1.82) is 0 Å². The third kappa shape index (κ3) is 5.76. The first-order valence-electron chi connectivity index (χ1n) is 10.3. The molecular weight excluding hydrogens is 412 g/mol. The summed E-state index contributed by atoms with van der Waals surface area (Å²) in [5.41, 5.74) is 1.56. The van der Waals surface area contributed by atoms with E-state index in [4.69, 9.17) is 4.74 Å². The molecule has 6 nitrogen and oxygen atoms in total. The van der Waals surface area contributed by atoms with Crippen LogP contribution in [0.4, 0.5) is 5.69 Å². The Kier molecular flexibility index (Phi) is 7.17. The number of amides is 1. The van der Waals surface area contributed by atoms with E-state index in [-0.39, 0.29) is 19.1 Å². The molecule has 7 heteroatoms. The molecule has 0 fully saturated rings. The van der Waals surface area contributed by atoms with E-state index in [1.165, 1.54) is 0 Å². The zero-order valence-electron chi connectivity index (χ0n) is 18.0. The number of rotatable bonds is 9. The van der Waals surface area contributed by atoms with Crippen molar-refractivity contribution in [2.45, 2.75) is 26.3 Å². The van der Waals surface area contributed by atoms with E-state index < -0.39 is 16.1 Å². The summed E-state index contributed by atoms with van der Waals surface area (Å²) in [7, 11) is -3.63. The van der Waals surface area contributed by atoms with Gasteiger partial charge >= 0.3 is 0 Å². The topological polar surface area (TPSA) is 75.7 Å². The standard InChI is InChI=1S/C24H28N2O4S/c1-4-19-9-12-22(13-10-19)26(31(3,28)29)18(2)24(27)25-15-16-30-23-14-11-20-7-5-6-8-21(20)17-23/h5-14,17-18H,4,15-16H2,1-3H3,(H,25,27). The SMILES string of the molecule is CCc1ccc(N(C(C)C(=O)NCCOc2ccc3ccccc3c2)S(C)(=O)=O)cc1. The van der Waals surface area contributed by atoms with Crippen LogP contribution in [0.2, 0.25) is 0 Å². The summed E-state index contributed by atoms with van der Waals surface area (Å²) in [6.07, 6.45) is 1.96. The molecule has 3 rings (SSSR count). The van der Waals surface area contributed by atoms with Crippen molar-refractivity contribution in [3.05, 3.63) is 72.3 Å². The molecule has 3 aromatic carbocycles. The second-order valence-electron chi connectivity index (χ2n) is 7.40. The van der Waals surface area contributed by atoms with E-state index in [0.29, 0.717) is 5.69 Å². The predicted octanol–water partition coefficient (Wildman–Crippen LogP) is 3.75. The van der Waals surface area contributed by atoms with Crippen LogP contribution < -0.4 is 14.4 Å². The molecule has 0 saturated heterocycles. The molecule has 3 aromatic rings. The highest BCUT2D eigenvalue weighted by Gasteiger charge is 2.28. The fourth-order valence-electron chi connectivity index (χ4n) is 3.44. The van der Waals surface area contributed by atoms with E-state index in [9.17, 15) is 13.2 Å². The minimum atomic E-state index is -3.63. The van der Waals surface area contributed by atoms with Crippen LogP contribution in [0.15, 0.2) is 66.7 Å². The van der Waals surface area contributed by atoms with Crippen molar-refractivity contribution in [3.8, 4) is 5.75 Å². The monoisotopic (exact) mass is 440 g/mol. The molecule has 31 heavy (non-hydrogen) atoms. The van der Waals surface area contributed by atoms with Crippen molar-refractivity contribution >= 4 is 32.4 Å². The van der Waals surface area contributed by atoms with Gasteiger partial charge in [0.15, 0.2) is 0 Å². The Morgan fingerprint density at radius 2 is 1.71 bits per heavy atom. The molecule has 1 N–H and O–H groups in total. The lowest BCUT2D eigenvalue weighted by Gasteiger charge is -2.28. The zero-order valence-corrected chi connectivity index (χ0v) is 18.9. The summed E-state index contributed by atoms with van der Waals surface area (Å²) >= 11 is 0. The van der Waals surface area contributed by atoms with Crippen molar-refractivity contribution in [2.75, 3.05) is 23.7 Å². The number of sulfonamides is 1. The van der Waals surface area contributed by atoms with Gasteiger partial charge in [0.1, 0.15) is 18.4 Å². The number of fused-ring (bicyclic) bond motifs is 1. The summed E-state index contributed by atoms with van der Waals surface area (Å²) in [6.45, 7) is 4.15. The van der Waals surface area contributed by atoms with Gasteiger partial charge < -0.3 is 10.1 Å². The van der Waals surface area contributed by atoms with Gasteiger partial charge in [0.2, 0.25) is 15.9 Å². The maximum Gasteiger partial charge on any atom is 0.243 e. The maximum atomic E-state index is 12.6.